The summed E-state index contributed by atoms with van der Waals surface area (Å²) in [5.74, 6) is 0. The van der Waals surface area contributed by atoms with Gasteiger partial charge in [-0.15, -0.1) is 11.3 Å². The van der Waals surface area contributed by atoms with Crippen molar-refractivity contribution >= 4 is 63.8 Å². The topological polar surface area (TPSA) is 0 Å². The van der Waals surface area contributed by atoms with Gasteiger partial charge >= 0.3 is 0 Å². The zero-order valence-electron chi connectivity index (χ0n) is 47.4. The molecular formula is C42H26S. The van der Waals surface area contributed by atoms with Crippen LogP contribution in [-0.2, 0) is 0 Å². The molecule has 9 rings (SSSR count). The van der Waals surface area contributed by atoms with Crippen molar-refractivity contribution in [1.29, 1.82) is 0 Å². The zero-order chi connectivity index (χ0) is 51.0. The van der Waals surface area contributed by atoms with Gasteiger partial charge in [0.2, 0.25) is 0 Å². The summed E-state index contributed by atoms with van der Waals surface area (Å²) in [6.45, 7) is 0. The number of fused-ring (bicyclic) bond motifs is 6. The monoisotopic (exact) mass is 588 g/mol. The van der Waals surface area contributed by atoms with E-state index in [4.69, 9.17) is 23.3 Å². The molecule has 0 saturated carbocycles. The van der Waals surface area contributed by atoms with Crippen molar-refractivity contribution in [1.82, 2.24) is 0 Å². The molecule has 200 valence electrons. The zero-order valence-corrected chi connectivity index (χ0v) is 22.2. The van der Waals surface area contributed by atoms with Crippen molar-refractivity contribution in [3.63, 3.8) is 0 Å². The Morgan fingerprint density at radius 1 is 0.349 bits per heavy atom. The van der Waals surface area contributed by atoms with Gasteiger partial charge in [-0.05, 0) is 89.9 Å². The minimum Gasteiger partial charge on any atom is -0.135 e. The highest BCUT2D eigenvalue weighted by atomic mass is 32.1. The second-order valence-electron chi connectivity index (χ2n) is 9.26. The minimum absolute atomic E-state index is 0.0941. The van der Waals surface area contributed by atoms with Gasteiger partial charge in [0.1, 0.15) is 0 Å². The van der Waals surface area contributed by atoms with Crippen LogP contribution in [0.4, 0.5) is 0 Å². The van der Waals surface area contributed by atoms with E-state index in [0.29, 0.717) is 11.3 Å². The van der Waals surface area contributed by atoms with E-state index < -0.39 is 223 Å². The summed E-state index contributed by atoms with van der Waals surface area (Å²) in [5, 5.41) is -4.56. The molecule has 1 heteroatoms. The molecule has 43 heavy (non-hydrogen) atoms. The molecule has 0 atom stereocenters. The normalized spacial score (nSPS) is 20.2. The largest absolute Gasteiger partial charge is 0.135 e. The average Bonchev–Trinajstić information content (AvgIpc) is 3.73. The summed E-state index contributed by atoms with van der Waals surface area (Å²) in [6, 6.07) is -22.7. The maximum atomic E-state index is 9.80. The van der Waals surface area contributed by atoms with Gasteiger partial charge in [-0.1, -0.05) is 133 Å². The molecule has 0 saturated heterocycles. The first kappa shape index (κ1) is 9.91. The maximum absolute atomic E-state index is 9.80. The van der Waals surface area contributed by atoms with Crippen LogP contribution in [0.3, 0.4) is 0 Å². The molecule has 0 bridgehead atoms. The van der Waals surface area contributed by atoms with E-state index in [-0.39, 0.29) is 20.2 Å². The first-order valence-electron chi connectivity index (χ1n) is 25.7. The molecule has 8 aromatic carbocycles. The lowest BCUT2D eigenvalue weighted by atomic mass is 9.85. The number of hydrogen-bond acceptors (Lipinski definition) is 1. The van der Waals surface area contributed by atoms with E-state index in [1.807, 2.05) is 0 Å². The first-order chi connectivity index (χ1) is 32.2. The Labute approximate surface area is 290 Å². The standard InChI is InChI=1S/C42H26S/c1-2-15-31-27(11-1)12-10-21-32(31)28-13-9-14-29(25-28)41-34-17-3-5-19-36(34)42(37-20-6-4-18-35(37)41)30-23-24-40-38(26-30)33-16-7-8-22-39(33)43-40/h1-26H/i1D,2D,3D,4D,5D,6D,7D,8D,9D,10D,11D,12D,13D,14D,15D,16D,17D,18D,19D,20D,21D,22D,23D,24D,25D,26D. The summed E-state index contributed by atoms with van der Waals surface area (Å²) in [5.41, 5.74) is -4.47. The van der Waals surface area contributed by atoms with E-state index in [2.05, 4.69) is 0 Å². The van der Waals surface area contributed by atoms with Crippen molar-refractivity contribution in [2.24, 2.45) is 0 Å². The molecule has 0 nitrogen and oxygen atoms in total. The second kappa shape index (κ2) is 9.66. The maximum Gasteiger partial charge on any atom is 0.0638 e. The molecular weight excluding hydrogens is 537 g/mol. The Hall–Kier alpha value is -5.24. The highest BCUT2D eigenvalue weighted by Gasteiger charge is 2.18. The SMILES string of the molecule is [2H]c1c([2H])c(-c2c([2H])c([2H])c([2H])c3c([2H])c([2H])c([2H])c([2H])c23)c([2H])c(-c2c3c([2H])c([2H])c([2H])c([2H])c3c(-c3c([2H])c([2H])c4sc5c([2H])c([2H])c([2H])c([2H])c5c4c3[2H])c3c([2H])c([2H])c([2H])c([2H])c23)c1[2H]. The van der Waals surface area contributed by atoms with E-state index in [1.54, 1.807) is 0 Å². The Bertz CT molecular complexity index is 3880. The van der Waals surface area contributed by atoms with Gasteiger partial charge in [0.15, 0.2) is 0 Å². The van der Waals surface area contributed by atoms with Crippen LogP contribution in [0, 0.1) is 0 Å². The summed E-state index contributed by atoms with van der Waals surface area (Å²) < 4.78 is 233. The lowest BCUT2D eigenvalue weighted by Gasteiger charge is -2.18. The molecule has 0 N–H and O–H groups in total. The third kappa shape index (κ3) is 3.82. The molecule has 0 spiro atoms. The number of benzene rings is 8. The van der Waals surface area contributed by atoms with Crippen molar-refractivity contribution in [3.05, 3.63) is 157 Å². The van der Waals surface area contributed by atoms with E-state index in [0.717, 1.165) is 0 Å². The van der Waals surface area contributed by atoms with Crippen molar-refractivity contribution in [2.75, 3.05) is 0 Å². The summed E-state index contributed by atoms with van der Waals surface area (Å²) in [6.07, 6.45) is 0. The number of hydrogen-bond donors (Lipinski definition) is 0. The van der Waals surface area contributed by atoms with Crippen LogP contribution >= 0.6 is 11.3 Å². The third-order valence-corrected chi connectivity index (χ3v) is 7.97. The Morgan fingerprint density at radius 2 is 0.860 bits per heavy atom. The summed E-state index contributed by atoms with van der Waals surface area (Å²) in [7, 11) is 0. The van der Waals surface area contributed by atoms with Gasteiger partial charge in [-0.3, -0.25) is 0 Å². The van der Waals surface area contributed by atoms with Gasteiger partial charge < -0.3 is 0 Å². The predicted molar refractivity (Wildman–Crippen MR) is 188 cm³/mol. The van der Waals surface area contributed by atoms with Crippen molar-refractivity contribution < 1.29 is 35.6 Å². The van der Waals surface area contributed by atoms with Gasteiger partial charge in [0.05, 0.1) is 35.6 Å². The molecule has 9 aromatic rings. The summed E-state index contributed by atoms with van der Waals surface area (Å²) >= 11 is 0.688. The minimum atomic E-state index is -1.06. The Morgan fingerprint density at radius 3 is 1.58 bits per heavy atom. The predicted octanol–water partition coefficient (Wildman–Crippen LogP) is 12.5. The molecule has 1 aromatic heterocycles. The van der Waals surface area contributed by atoms with Gasteiger partial charge in [0, 0.05) is 20.2 Å². The quantitative estimate of drug-likeness (QED) is 0.180. The van der Waals surface area contributed by atoms with Crippen LogP contribution in [0.5, 0.6) is 0 Å². The van der Waals surface area contributed by atoms with Crippen LogP contribution in [0.2, 0.25) is 0 Å². The van der Waals surface area contributed by atoms with Crippen molar-refractivity contribution in [3.8, 4) is 33.4 Å². The third-order valence-electron chi connectivity index (χ3n) is 6.95. The first-order valence-corrected chi connectivity index (χ1v) is 13.5. The van der Waals surface area contributed by atoms with Crippen LogP contribution in [0.1, 0.15) is 35.6 Å². The van der Waals surface area contributed by atoms with E-state index in [1.165, 1.54) is 0 Å². The number of rotatable bonds is 3. The molecule has 0 fully saturated rings. The van der Waals surface area contributed by atoms with Crippen LogP contribution < -0.4 is 0 Å². The Kier molecular flexibility index (Phi) is 2.23. The molecule has 0 unspecified atom stereocenters. The fraction of sp³-hybridized carbons (Fsp3) is 0. The smallest absolute Gasteiger partial charge is 0.0638 e. The lowest BCUT2D eigenvalue weighted by molar-refractivity contribution is 1.63. The summed E-state index contributed by atoms with van der Waals surface area (Å²) in [4.78, 5) is 0. The molecule has 0 aliphatic heterocycles. The molecule has 0 amide bonds. The van der Waals surface area contributed by atoms with Crippen LogP contribution in [-0.4, -0.2) is 0 Å². The molecule has 1 heterocycles. The highest BCUT2D eigenvalue weighted by Crippen LogP contribution is 2.46. The van der Waals surface area contributed by atoms with E-state index >= 15 is 0 Å². The van der Waals surface area contributed by atoms with Gasteiger partial charge in [-0.2, -0.15) is 0 Å². The molecule has 0 aliphatic carbocycles. The fourth-order valence-electron chi connectivity index (χ4n) is 5.15. The van der Waals surface area contributed by atoms with Crippen molar-refractivity contribution in [2.45, 2.75) is 0 Å². The molecule has 0 radical (unpaired) electrons. The van der Waals surface area contributed by atoms with Gasteiger partial charge in [0.25, 0.3) is 0 Å². The lowest BCUT2D eigenvalue weighted by Crippen LogP contribution is -1.91. The van der Waals surface area contributed by atoms with Crippen LogP contribution in [0.25, 0.3) is 85.9 Å². The second-order valence-corrected chi connectivity index (χ2v) is 10.3. The Balaban J connectivity index is 1.61. The van der Waals surface area contributed by atoms with Gasteiger partial charge in [-0.25, -0.2) is 0 Å². The highest BCUT2D eigenvalue weighted by molar-refractivity contribution is 7.25. The average molecular weight is 589 g/mol. The fourth-order valence-corrected chi connectivity index (χ4v) is 6.07. The van der Waals surface area contributed by atoms with E-state index in [9.17, 15) is 12.3 Å². The number of thiophene rings is 1. The van der Waals surface area contributed by atoms with Crippen LogP contribution in [0.15, 0.2) is 157 Å². The molecule has 0 aliphatic rings.